The number of carbonyl (C=O) groups excluding carboxylic acids is 1. The van der Waals surface area contributed by atoms with Gasteiger partial charge in [0.25, 0.3) is 0 Å². The number of hydrogen-bond donors (Lipinski definition) is 2. The maximum absolute atomic E-state index is 13.2. The van der Waals surface area contributed by atoms with Crippen molar-refractivity contribution in [1.29, 1.82) is 0 Å². The molecule has 0 heterocycles. The van der Waals surface area contributed by atoms with Gasteiger partial charge in [-0.25, -0.2) is 9.18 Å². The van der Waals surface area contributed by atoms with Gasteiger partial charge in [0.1, 0.15) is 5.82 Å². The zero-order valence-corrected chi connectivity index (χ0v) is 12.5. The molecule has 0 spiro atoms. The predicted molar refractivity (Wildman–Crippen MR) is 85.3 cm³/mol. The van der Waals surface area contributed by atoms with Gasteiger partial charge in [-0.3, -0.25) is 0 Å². The molecule has 0 bridgehead atoms. The first-order chi connectivity index (χ1) is 10.6. The average Bonchev–Trinajstić information content (AvgIpc) is 3.21. The number of aryl methyl sites for hydroxylation is 1. The van der Waals surface area contributed by atoms with Crippen LogP contribution >= 0.6 is 0 Å². The lowest BCUT2D eigenvalue weighted by molar-refractivity contribution is 0.251. The van der Waals surface area contributed by atoms with E-state index in [4.69, 9.17) is 0 Å². The largest absolute Gasteiger partial charge is 0.335 e. The van der Waals surface area contributed by atoms with Crippen molar-refractivity contribution < 1.29 is 9.18 Å². The van der Waals surface area contributed by atoms with Gasteiger partial charge < -0.3 is 10.6 Å². The molecule has 22 heavy (non-hydrogen) atoms. The van der Waals surface area contributed by atoms with Crippen molar-refractivity contribution in [2.75, 3.05) is 5.32 Å². The van der Waals surface area contributed by atoms with Gasteiger partial charge in [-0.05, 0) is 55.0 Å². The standard InChI is InChI=1S/C18H19FN2O/c1-12-9-15(7-8-16(12)19)20-18(22)21-17-11-14(17)10-13-5-3-2-4-6-13/h2-9,14,17H,10-11H2,1H3,(H2,20,21,22). The van der Waals surface area contributed by atoms with E-state index in [1.165, 1.54) is 11.6 Å². The van der Waals surface area contributed by atoms with Crippen LogP contribution in [0.4, 0.5) is 14.9 Å². The maximum Gasteiger partial charge on any atom is 0.319 e. The summed E-state index contributed by atoms with van der Waals surface area (Å²) in [5, 5.41) is 5.71. The molecule has 1 saturated carbocycles. The Morgan fingerprint density at radius 3 is 2.73 bits per heavy atom. The molecule has 3 nitrogen and oxygen atoms in total. The van der Waals surface area contributed by atoms with Crippen molar-refractivity contribution in [3.63, 3.8) is 0 Å². The van der Waals surface area contributed by atoms with Gasteiger partial charge in [0.05, 0.1) is 0 Å². The molecule has 114 valence electrons. The number of halogens is 1. The number of nitrogens with one attached hydrogen (secondary N) is 2. The van der Waals surface area contributed by atoms with Crippen LogP contribution in [0.15, 0.2) is 48.5 Å². The fourth-order valence-corrected chi connectivity index (χ4v) is 2.62. The van der Waals surface area contributed by atoms with Gasteiger partial charge in [0, 0.05) is 11.7 Å². The highest BCUT2D eigenvalue weighted by atomic mass is 19.1. The first kappa shape index (κ1) is 14.6. The van der Waals surface area contributed by atoms with Crippen LogP contribution in [0.1, 0.15) is 17.5 Å². The summed E-state index contributed by atoms with van der Waals surface area (Å²) in [6.07, 6.45) is 1.99. The minimum atomic E-state index is -0.268. The fourth-order valence-electron chi connectivity index (χ4n) is 2.62. The zero-order valence-electron chi connectivity index (χ0n) is 12.5. The summed E-state index contributed by atoms with van der Waals surface area (Å²) < 4.78 is 13.2. The second-order valence-corrected chi connectivity index (χ2v) is 5.85. The smallest absolute Gasteiger partial charge is 0.319 e. The Morgan fingerprint density at radius 1 is 1.23 bits per heavy atom. The fraction of sp³-hybridized carbons (Fsp3) is 0.278. The first-order valence-electron chi connectivity index (χ1n) is 7.49. The number of urea groups is 1. The number of carbonyl (C=O) groups is 1. The third-order valence-corrected chi connectivity index (χ3v) is 4.00. The van der Waals surface area contributed by atoms with Gasteiger partial charge in [-0.15, -0.1) is 0 Å². The maximum atomic E-state index is 13.2. The van der Waals surface area contributed by atoms with Crippen molar-refractivity contribution in [3.8, 4) is 0 Å². The van der Waals surface area contributed by atoms with Gasteiger partial charge in [-0.2, -0.15) is 0 Å². The van der Waals surface area contributed by atoms with Crippen molar-refractivity contribution in [2.45, 2.75) is 25.8 Å². The topological polar surface area (TPSA) is 41.1 Å². The summed E-state index contributed by atoms with van der Waals surface area (Å²) in [7, 11) is 0. The summed E-state index contributed by atoms with van der Waals surface area (Å²) in [6.45, 7) is 1.68. The Labute approximate surface area is 129 Å². The normalized spacial score (nSPS) is 19.5. The second-order valence-electron chi connectivity index (χ2n) is 5.85. The molecule has 2 atom stereocenters. The molecule has 1 fully saturated rings. The molecule has 2 aromatic carbocycles. The van der Waals surface area contributed by atoms with Gasteiger partial charge in [0.2, 0.25) is 0 Å². The lowest BCUT2D eigenvalue weighted by Gasteiger charge is -2.08. The SMILES string of the molecule is Cc1cc(NC(=O)NC2CC2Cc2ccccc2)ccc1F. The summed E-state index contributed by atoms with van der Waals surface area (Å²) in [4.78, 5) is 11.9. The Hall–Kier alpha value is -2.36. The van der Waals surface area contributed by atoms with E-state index < -0.39 is 0 Å². The third kappa shape index (κ3) is 3.64. The molecule has 0 aliphatic heterocycles. The van der Waals surface area contributed by atoms with E-state index >= 15 is 0 Å². The van der Waals surface area contributed by atoms with Gasteiger partial charge >= 0.3 is 6.03 Å². The molecule has 2 amide bonds. The molecule has 0 aromatic heterocycles. The van der Waals surface area contributed by atoms with E-state index in [0.29, 0.717) is 17.2 Å². The highest BCUT2D eigenvalue weighted by Gasteiger charge is 2.38. The molecule has 2 N–H and O–H groups in total. The second kappa shape index (κ2) is 6.18. The summed E-state index contributed by atoms with van der Waals surface area (Å²) in [6, 6.07) is 14.8. The van der Waals surface area contributed by atoms with Gasteiger partial charge in [0.15, 0.2) is 0 Å². The predicted octanol–water partition coefficient (Wildman–Crippen LogP) is 3.89. The molecule has 4 heteroatoms. The van der Waals surface area contributed by atoms with E-state index in [0.717, 1.165) is 12.8 Å². The van der Waals surface area contributed by atoms with Crippen LogP contribution in [-0.2, 0) is 6.42 Å². The summed E-state index contributed by atoms with van der Waals surface area (Å²) in [5.41, 5.74) is 2.43. The quantitative estimate of drug-likeness (QED) is 0.883. The molecular weight excluding hydrogens is 279 g/mol. The highest BCUT2D eigenvalue weighted by Crippen LogP contribution is 2.33. The molecule has 1 aliphatic rings. The minimum absolute atomic E-state index is 0.224. The Balaban J connectivity index is 1.48. The first-order valence-corrected chi connectivity index (χ1v) is 7.49. The Morgan fingerprint density at radius 2 is 2.00 bits per heavy atom. The number of amides is 2. The molecule has 3 rings (SSSR count). The Bertz CT molecular complexity index is 672. The van der Waals surface area contributed by atoms with Crippen LogP contribution in [0.5, 0.6) is 0 Å². The molecule has 1 aliphatic carbocycles. The van der Waals surface area contributed by atoms with E-state index in [9.17, 15) is 9.18 Å². The summed E-state index contributed by atoms with van der Waals surface area (Å²) in [5.74, 6) is 0.235. The zero-order chi connectivity index (χ0) is 15.5. The van der Waals surface area contributed by atoms with Crippen LogP contribution in [0.2, 0.25) is 0 Å². The third-order valence-electron chi connectivity index (χ3n) is 4.00. The van der Waals surface area contributed by atoms with Crippen LogP contribution in [0, 0.1) is 18.7 Å². The minimum Gasteiger partial charge on any atom is -0.335 e. The van der Waals surface area contributed by atoms with Crippen molar-refractivity contribution >= 4 is 11.7 Å². The van der Waals surface area contributed by atoms with Crippen LogP contribution in [-0.4, -0.2) is 12.1 Å². The molecule has 2 unspecified atom stereocenters. The lowest BCUT2D eigenvalue weighted by atomic mass is 10.1. The van der Waals surface area contributed by atoms with Crippen LogP contribution < -0.4 is 10.6 Å². The van der Waals surface area contributed by atoms with Crippen molar-refractivity contribution in [3.05, 3.63) is 65.5 Å². The van der Waals surface area contributed by atoms with E-state index in [-0.39, 0.29) is 17.9 Å². The van der Waals surface area contributed by atoms with Crippen LogP contribution in [0.25, 0.3) is 0 Å². The van der Waals surface area contributed by atoms with Gasteiger partial charge in [-0.1, -0.05) is 30.3 Å². The van der Waals surface area contributed by atoms with E-state index in [2.05, 4.69) is 22.8 Å². The number of hydrogen-bond acceptors (Lipinski definition) is 1. The molecule has 2 aromatic rings. The number of rotatable bonds is 4. The van der Waals surface area contributed by atoms with Crippen molar-refractivity contribution in [2.24, 2.45) is 5.92 Å². The Kier molecular flexibility index (Phi) is 4.09. The number of benzene rings is 2. The molecule has 0 radical (unpaired) electrons. The molecule has 0 saturated heterocycles. The van der Waals surface area contributed by atoms with E-state index in [1.54, 1.807) is 19.1 Å². The summed E-state index contributed by atoms with van der Waals surface area (Å²) >= 11 is 0. The lowest BCUT2D eigenvalue weighted by Crippen LogP contribution is -2.31. The van der Waals surface area contributed by atoms with Crippen molar-refractivity contribution in [1.82, 2.24) is 5.32 Å². The van der Waals surface area contributed by atoms with E-state index in [1.807, 2.05) is 18.2 Å². The number of anilines is 1. The monoisotopic (exact) mass is 298 g/mol. The highest BCUT2D eigenvalue weighted by molar-refractivity contribution is 5.89. The molecular formula is C18H19FN2O. The van der Waals surface area contributed by atoms with Crippen LogP contribution in [0.3, 0.4) is 0 Å². The average molecular weight is 298 g/mol.